The lowest BCUT2D eigenvalue weighted by molar-refractivity contribution is -0.384. The Kier molecular flexibility index (Phi) is 16.7. The van der Waals surface area contributed by atoms with Crippen LogP contribution in [0, 0.1) is 16.0 Å². The minimum Gasteiger partial charge on any atom is -0.429 e. The first-order chi connectivity index (χ1) is 24.0. The Labute approximate surface area is 292 Å². The van der Waals surface area contributed by atoms with Gasteiger partial charge in [0.15, 0.2) is 0 Å². The molecule has 0 fully saturated rings. The van der Waals surface area contributed by atoms with E-state index >= 15 is 0 Å². The number of hydrogen-bond acceptors (Lipinski definition) is 11. The van der Waals surface area contributed by atoms with E-state index in [0.717, 1.165) is 62.9 Å². The molecule has 1 aliphatic heterocycles. The van der Waals surface area contributed by atoms with Crippen molar-refractivity contribution in [1.29, 1.82) is 0 Å². The number of hydrogen-bond donors (Lipinski definition) is 5. The van der Waals surface area contributed by atoms with Gasteiger partial charge in [0.25, 0.3) is 17.5 Å². The van der Waals surface area contributed by atoms with Crippen molar-refractivity contribution in [3.05, 3.63) is 76.4 Å². The molecule has 50 heavy (non-hydrogen) atoms. The molecule has 272 valence electrons. The fourth-order valence-electron chi connectivity index (χ4n) is 5.22. The van der Waals surface area contributed by atoms with Gasteiger partial charge in [-0.25, -0.2) is 9.59 Å². The van der Waals surface area contributed by atoms with Crippen molar-refractivity contribution in [2.24, 2.45) is 11.7 Å². The normalized spacial score (nSPS) is 13.7. The number of primary amides is 1. The van der Waals surface area contributed by atoms with Crippen LogP contribution in [0.1, 0.15) is 57.9 Å². The highest BCUT2D eigenvalue weighted by Gasteiger charge is 2.22. The molecule has 0 saturated heterocycles. The predicted molar refractivity (Wildman–Crippen MR) is 188 cm³/mol. The van der Waals surface area contributed by atoms with Gasteiger partial charge in [-0.1, -0.05) is 38.8 Å². The summed E-state index contributed by atoms with van der Waals surface area (Å²) in [6, 6.07) is 12.4. The molecule has 1 aliphatic rings. The second-order valence-corrected chi connectivity index (χ2v) is 12.4. The first-order valence-corrected chi connectivity index (χ1v) is 17.0. The Morgan fingerprint density at radius 2 is 1.56 bits per heavy atom. The van der Waals surface area contributed by atoms with Crippen LogP contribution >= 0.6 is 0 Å². The van der Waals surface area contributed by atoms with E-state index in [1.54, 1.807) is 0 Å². The zero-order valence-corrected chi connectivity index (χ0v) is 28.7. The largest absolute Gasteiger partial charge is 0.514 e. The number of amides is 4. The van der Waals surface area contributed by atoms with Gasteiger partial charge in [0.05, 0.1) is 4.92 Å². The first kappa shape index (κ1) is 39.4. The fourth-order valence-corrected chi connectivity index (χ4v) is 5.22. The van der Waals surface area contributed by atoms with Crippen LogP contribution in [0.3, 0.4) is 0 Å². The number of nitrogens with two attached hydrogens (primary N) is 1. The summed E-state index contributed by atoms with van der Waals surface area (Å²) in [4.78, 5) is 58.1. The lowest BCUT2D eigenvalue weighted by atomic mass is 10.0. The number of benzene rings is 2. The molecule has 0 bridgehead atoms. The van der Waals surface area contributed by atoms with E-state index in [4.69, 9.17) is 15.2 Å². The molecule has 1 heterocycles. The molecular formula is C35H49N7O8. The van der Waals surface area contributed by atoms with Gasteiger partial charge >= 0.3 is 12.2 Å². The molecule has 0 saturated carbocycles. The van der Waals surface area contributed by atoms with Gasteiger partial charge in [-0.2, -0.15) is 0 Å². The molecule has 15 heteroatoms. The topological polar surface area (TPSA) is 207 Å². The summed E-state index contributed by atoms with van der Waals surface area (Å²) >= 11 is 0. The van der Waals surface area contributed by atoms with Crippen LogP contribution in [0.4, 0.5) is 21.0 Å². The second kappa shape index (κ2) is 21.1. The maximum Gasteiger partial charge on any atom is 0.514 e. The van der Waals surface area contributed by atoms with E-state index in [0.29, 0.717) is 25.6 Å². The summed E-state index contributed by atoms with van der Waals surface area (Å²) in [5, 5.41) is 24.2. The molecule has 15 nitrogen and oxygen atoms in total. The summed E-state index contributed by atoms with van der Waals surface area (Å²) in [6.07, 6.45) is 7.01. The number of nitrogens with zero attached hydrogens (tertiary/aromatic N) is 2. The Balaban J connectivity index is 1.40. The summed E-state index contributed by atoms with van der Waals surface area (Å²) in [7, 11) is 0. The van der Waals surface area contributed by atoms with Gasteiger partial charge in [0.2, 0.25) is 0 Å². The molecule has 0 unspecified atom stereocenters. The van der Waals surface area contributed by atoms with Crippen LogP contribution in [-0.4, -0.2) is 78.6 Å². The van der Waals surface area contributed by atoms with Crippen molar-refractivity contribution in [3.63, 3.8) is 0 Å². The molecule has 0 radical (unpaired) electrons. The standard InChI is InChI=1S/C35H49N7O8/c1-25(2)31(37-19-5-3-4-6-21-41-32(43)17-18-33(41)44)23-40-28(8-7-20-38-34(36)45)22-39-27-11-9-26(10-12-27)24-49-35(46)50-30-15-13-29(14-16-30)42(47)48/h9-18,25,28,31,37,39-40H,3-8,19-24H2,1-2H3,(H3,36,38,45)/t28-,31+/m0/s1. The van der Waals surface area contributed by atoms with Crippen molar-refractivity contribution in [1.82, 2.24) is 20.9 Å². The van der Waals surface area contributed by atoms with Gasteiger partial charge in [-0.3, -0.25) is 24.6 Å². The number of anilines is 1. The zero-order valence-electron chi connectivity index (χ0n) is 28.7. The van der Waals surface area contributed by atoms with E-state index in [9.17, 15) is 29.3 Å². The van der Waals surface area contributed by atoms with Gasteiger partial charge < -0.3 is 36.5 Å². The Bertz CT molecular complexity index is 1420. The number of ether oxygens (including phenoxy) is 2. The minimum atomic E-state index is -0.918. The van der Waals surface area contributed by atoms with Crippen LogP contribution in [-0.2, 0) is 20.9 Å². The van der Waals surface area contributed by atoms with Crippen molar-refractivity contribution in [2.45, 2.75) is 71.1 Å². The third-order valence-electron chi connectivity index (χ3n) is 8.19. The van der Waals surface area contributed by atoms with E-state index < -0.39 is 17.1 Å². The number of carbonyl (C=O) groups excluding carboxylic acids is 4. The van der Waals surface area contributed by atoms with E-state index in [1.165, 1.54) is 41.3 Å². The number of nitro benzene ring substituents is 1. The molecule has 2 aromatic carbocycles. The van der Waals surface area contributed by atoms with Crippen molar-refractivity contribution in [2.75, 3.05) is 38.0 Å². The van der Waals surface area contributed by atoms with Crippen molar-refractivity contribution in [3.8, 4) is 5.75 Å². The summed E-state index contributed by atoms with van der Waals surface area (Å²) < 4.78 is 10.2. The molecule has 0 aliphatic carbocycles. The SMILES string of the molecule is CC(C)[C@@H](CN[C@@H](CCCNC(N)=O)CNc1ccc(COC(=O)Oc2ccc([N+](=O)[O-])cc2)cc1)NCCCCCCN1C(=O)C=CC1=O. The molecule has 2 atom stereocenters. The monoisotopic (exact) mass is 695 g/mol. The first-order valence-electron chi connectivity index (χ1n) is 17.0. The summed E-state index contributed by atoms with van der Waals surface area (Å²) in [6.45, 7) is 7.56. The van der Waals surface area contributed by atoms with Crippen LogP contribution in [0.15, 0.2) is 60.7 Å². The third kappa shape index (κ3) is 14.6. The molecular weight excluding hydrogens is 646 g/mol. The van der Waals surface area contributed by atoms with E-state index in [1.807, 2.05) is 24.3 Å². The molecule has 4 amide bonds. The molecule has 6 N–H and O–H groups in total. The highest BCUT2D eigenvalue weighted by atomic mass is 16.7. The Morgan fingerprint density at radius 3 is 2.20 bits per heavy atom. The number of carbonyl (C=O) groups is 4. The zero-order chi connectivity index (χ0) is 36.3. The van der Waals surface area contributed by atoms with Crippen LogP contribution in [0.25, 0.3) is 0 Å². The molecule has 3 rings (SSSR count). The lowest BCUT2D eigenvalue weighted by Crippen LogP contribution is -2.47. The van der Waals surface area contributed by atoms with Crippen LogP contribution < -0.4 is 31.7 Å². The number of nitro groups is 1. The van der Waals surface area contributed by atoms with Gasteiger partial charge in [-0.15, -0.1) is 0 Å². The quantitative estimate of drug-likeness (QED) is 0.0278. The second-order valence-electron chi connectivity index (χ2n) is 12.4. The Morgan fingerprint density at radius 1 is 0.880 bits per heavy atom. The van der Waals surface area contributed by atoms with Gasteiger partial charge in [0, 0.05) is 68.2 Å². The maximum absolute atomic E-state index is 12.1. The summed E-state index contributed by atoms with van der Waals surface area (Å²) in [5.74, 6) is 0.0770. The molecule has 0 spiro atoms. The van der Waals surface area contributed by atoms with Gasteiger partial charge in [-0.05, 0) is 68.0 Å². The predicted octanol–water partition coefficient (Wildman–Crippen LogP) is 4.23. The highest BCUT2D eigenvalue weighted by molar-refractivity contribution is 6.12. The minimum absolute atomic E-state index is 0.00886. The highest BCUT2D eigenvalue weighted by Crippen LogP contribution is 2.18. The number of imide groups is 1. The third-order valence-corrected chi connectivity index (χ3v) is 8.19. The summed E-state index contributed by atoms with van der Waals surface area (Å²) in [5.41, 5.74) is 6.76. The number of urea groups is 1. The number of non-ortho nitro benzene ring substituents is 1. The molecule has 2 aromatic rings. The number of rotatable bonds is 23. The van der Waals surface area contributed by atoms with Crippen molar-refractivity contribution < 1.29 is 33.6 Å². The average Bonchev–Trinajstić information content (AvgIpc) is 3.41. The maximum atomic E-state index is 12.1. The Hall–Kier alpha value is -5.02. The van der Waals surface area contributed by atoms with E-state index in [2.05, 4.69) is 35.1 Å². The van der Waals surface area contributed by atoms with Crippen molar-refractivity contribution >= 4 is 35.4 Å². The van der Waals surface area contributed by atoms with E-state index in [-0.39, 0.29) is 41.9 Å². The smallest absolute Gasteiger partial charge is 0.429 e. The van der Waals surface area contributed by atoms with Crippen LogP contribution in [0.5, 0.6) is 5.75 Å². The molecule has 0 aromatic heterocycles. The lowest BCUT2D eigenvalue weighted by Gasteiger charge is -2.27. The average molecular weight is 696 g/mol. The van der Waals surface area contributed by atoms with Crippen LogP contribution in [0.2, 0.25) is 0 Å². The fraction of sp³-hybridized carbons (Fsp3) is 0.486. The number of unbranched alkanes of at least 4 members (excludes halogenated alkanes) is 3. The number of nitrogens with one attached hydrogen (secondary N) is 4. The van der Waals surface area contributed by atoms with Gasteiger partial charge in [0.1, 0.15) is 12.4 Å².